The number of carbonyl (C=O) groups is 2. The summed E-state index contributed by atoms with van der Waals surface area (Å²) in [6, 6.07) is 10.2. The third kappa shape index (κ3) is 6.07. The van der Waals surface area contributed by atoms with E-state index < -0.39 is 0 Å². The zero-order valence-corrected chi connectivity index (χ0v) is 14.2. The van der Waals surface area contributed by atoms with Gasteiger partial charge in [-0.2, -0.15) is 0 Å². The highest BCUT2D eigenvalue weighted by Gasteiger charge is 2.20. The summed E-state index contributed by atoms with van der Waals surface area (Å²) < 4.78 is 9.93. The molecule has 2 rings (SSSR count). The monoisotopic (exact) mass is 331 g/mol. The van der Waals surface area contributed by atoms with Gasteiger partial charge in [0.1, 0.15) is 6.61 Å². The molecule has 1 saturated heterocycles. The number of benzene rings is 1. The molecule has 5 heteroatoms. The summed E-state index contributed by atoms with van der Waals surface area (Å²) in [5.74, 6) is -0.166. The molecule has 1 aliphatic rings. The van der Waals surface area contributed by atoms with E-state index in [-0.39, 0.29) is 12.1 Å². The molecule has 1 heterocycles. The summed E-state index contributed by atoms with van der Waals surface area (Å²) in [6.45, 7) is 3.24. The highest BCUT2D eigenvalue weighted by atomic mass is 16.6. The number of carbonyl (C=O) groups excluding carboxylic acids is 2. The number of amides is 1. The number of allylic oxidation sites excluding steroid dienone is 1. The molecule has 0 aliphatic carbocycles. The van der Waals surface area contributed by atoms with E-state index in [4.69, 9.17) is 9.47 Å². The molecule has 130 valence electrons. The van der Waals surface area contributed by atoms with Crippen molar-refractivity contribution >= 4 is 12.1 Å². The minimum Gasteiger partial charge on any atom is -0.466 e. The quantitative estimate of drug-likeness (QED) is 0.648. The fourth-order valence-corrected chi connectivity index (χ4v) is 2.64. The van der Waals surface area contributed by atoms with Gasteiger partial charge in [-0.1, -0.05) is 35.9 Å². The Morgan fingerprint density at radius 2 is 2.04 bits per heavy atom. The Bertz CT molecular complexity index is 568. The van der Waals surface area contributed by atoms with Crippen LogP contribution in [-0.2, 0) is 20.7 Å². The minimum atomic E-state index is -0.294. The fraction of sp³-hybridized carbons (Fsp3) is 0.474. The zero-order valence-electron chi connectivity index (χ0n) is 14.2. The van der Waals surface area contributed by atoms with Crippen LogP contribution >= 0.6 is 0 Å². The first kappa shape index (κ1) is 18.0. The van der Waals surface area contributed by atoms with Crippen molar-refractivity contribution < 1.29 is 19.1 Å². The van der Waals surface area contributed by atoms with Crippen molar-refractivity contribution in [3.63, 3.8) is 0 Å². The number of nitrogens with zero attached hydrogens (tertiary/aromatic N) is 1. The predicted molar refractivity (Wildman–Crippen MR) is 91.4 cm³/mol. The maximum atomic E-state index is 11.6. The van der Waals surface area contributed by atoms with E-state index >= 15 is 0 Å². The van der Waals surface area contributed by atoms with Crippen LogP contribution < -0.4 is 0 Å². The molecule has 0 spiro atoms. The van der Waals surface area contributed by atoms with Gasteiger partial charge >= 0.3 is 12.1 Å². The van der Waals surface area contributed by atoms with Gasteiger partial charge in [0, 0.05) is 12.6 Å². The lowest BCUT2D eigenvalue weighted by atomic mass is 10.0. The van der Waals surface area contributed by atoms with Gasteiger partial charge in [0.2, 0.25) is 0 Å². The van der Waals surface area contributed by atoms with Gasteiger partial charge in [0.15, 0.2) is 0 Å². The maximum absolute atomic E-state index is 11.6. The summed E-state index contributed by atoms with van der Waals surface area (Å²) in [6.07, 6.45) is 5.27. The van der Waals surface area contributed by atoms with Crippen molar-refractivity contribution in [2.75, 3.05) is 19.8 Å². The average Bonchev–Trinajstić information content (AvgIpc) is 2.98. The molecule has 5 nitrogen and oxygen atoms in total. The van der Waals surface area contributed by atoms with Crippen molar-refractivity contribution in [3.8, 4) is 0 Å². The van der Waals surface area contributed by atoms with Crippen molar-refractivity contribution in [2.45, 2.75) is 39.0 Å². The molecule has 1 aromatic carbocycles. The molecular weight excluding hydrogens is 306 g/mol. The molecule has 1 aromatic rings. The van der Waals surface area contributed by atoms with Crippen molar-refractivity contribution in [1.82, 2.24) is 4.90 Å². The average molecular weight is 331 g/mol. The van der Waals surface area contributed by atoms with E-state index in [2.05, 4.69) is 12.1 Å². The van der Waals surface area contributed by atoms with Crippen LogP contribution in [0.5, 0.6) is 0 Å². The number of hydrogen-bond donors (Lipinski definition) is 0. The van der Waals surface area contributed by atoms with Gasteiger partial charge in [-0.25, -0.2) is 4.79 Å². The normalized spacial score (nSPS) is 14.6. The van der Waals surface area contributed by atoms with E-state index in [1.807, 2.05) is 31.3 Å². The van der Waals surface area contributed by atoms with Crippen LogP contribution in [-0.4, -0.2) is 36.7 Å². The van der Waals surface area contributed by atoms with Gasteiger partial charge in [-0.3, -0.25) is 9.69 Å². The van der Waals surface area contributed by atoms with E-state index in [0.717, 1.165) is 31.3 Å². The fourth-order valence-electron chi connectivity index (χ4n) is 2.64. The van der Waals surface area contributed by atoms with E-state index in [1.54, 1.807) is 4.90 Å². The lowest BCUT2D eigenvalue weighted by Crippen LogP contribution is -2.18. The predicted octanol–water partition coefficient (Wildman–Crippen LogP) is 3.69. The number of hydrogen-bond acceptors (Lipinski definition) is 4. The zero-order chi connectivity index (χ0) is 17.2. The van der Waals surface area contributed by atoms with Crippen molar-refractivity contribution in [1.29, 1.82) is 0 Å². The molecule has 0 N–H and O–H groups in total. The van der Waals surface area contributed by atoms with Crippen LogP contribution in [0.4, 0.5) is 4.79 Å². The van der Waals surface area contributed by atoms with E-state index in [1.165, 1.54) is 5.56 Å². The summed E-state index contributed by atoms with van der Waals surface area (Å²) in [7, 11) is 0. The second-order valence-electron chi connectivity index (χ2n) is 5.74. The standard InChI is InChI=1S/C19H25NO4/c1-2-23-18(21)10-6-9-17(15-20-13-14-24-19(20)22)12-11-16-7-4-3-5-8-16/h3-5,7-8,15H,2,6,9-14H2,1H3/b17-15-. The molecule has 0 radical (unpaired) electrons. The number of rotatable bonds is 9. The van der Waals surface area contributed by atoms with Crippen molar-refractivity contribution in [3.05, 3.63) is 47.7 Å². The third-order valence-electron chi connectivity index (χ3n) is 3.89. The Hall–Kier alpha value is -2.30. The lowest BCUT2D eigenvalue weighted by Gasteiger charge is -2.12. The Kier molecular flexibility index (Phi) is 7.33. The van der Waals surface area contributed by atoms with E-state index in [0.29, 0.717) is 26.2 Å². The summed E-state index contributed by atoms with van der Waals surface area (Å²) in [5.41, 5.74) is 2.42. The molecule has 0 aromatic heterocycles. The highest BCUT2D eigenvalue weighted by molar-refractivity contribution is 5.70. The van der Waals surface area contributed by atoms with Crippen LogP contribution in [0.15, 0.2) is 42.1 Å². The van der Waals surface area contributed by atoms with E-state index in [9.17, 15) is 9.59 Å². The number of cyclic esters (lactones) is 1. The Labute approximate surface area is 143 Å². The maximum Gasteiger partial charge on any atom is 0.413 e. The first-order valence-electron chi connectivity index (χ1n) is 8.51. The first-order chi connectivity index (χ1) is 11.7. The van der Waals surface area contributed by atoms with Gasteiger partial charge in [-0.15, -0.1) is 0 Å². The summed E-state index contributed by atoms with van der Waals surface area (Å²) in [5, 5.41) is 0. The molecule has 1 fully saturated rings. The Morgan fingerprint density at radius 1 is 1.25 bits per heavy atom. The van der Waals surface area contributed by atoms with Gasteiger partial charge in [0.25, 0.3) is 0 Å². The molecule has 24 heavy (non-hydrogen) atoms. The summed E-state index contributed by atoms with van der Waals surface area (Å²) in [4.78, 5) is 24.7. The van der Waals surface area contributed by atoms with Crippen LogP contribution in [0, 0.1) is 0 Å². The number of ether oxygens (including phenoxy) is 2. The van der Waals surface area contributed by atoms with Gasteiger partial charge in [-0.05, 0) is 38.2 Å². The highest BCUT2D eigenvalue weighted by Crippen LogP contribution is 2.18. The minimum absolute atomic E-state index is 0.166. The molecule has 0 bridgehead atoms. The second kappa shape index (κ2) is 9.75. The third-order valence-corrected chi connectivity index (χ3v) is 3.89. The number of aryl methyl sites for hydroxylation is 1. The van der Waals surface area contributed by atoms with Gasteiger partial charge in [0.05, 0.1) is 13.2 Å². The topological polar surface area (TPSA) is 55.8 Å². The van der Waals surface area contributed by atoms with Crippen LogP contribution in [0.2, 0.25) is 0 Å². The van der Waals surface area contributed by atoms with Crippen molar-refractivity contribution in [2.24, 2.45) is 0 Å². The van der Waals surface area contributed by atoms with Crippen LogP contribution in [0.25, 0.3) is 0 Å². The summed E-state index contributed by atoms with van der Waals surface area (Å²) >= 11 is 0. The largest absolute Gasteiger partial charge is 0.466 e. The molecule has 1 aliphatic heterocycles. The van der Waals surface area contributed by atoms with Crippen LogP contribution in [0.1, 0.15) is 38.2 Å². The lowest BCUT2D eigenvalue weighted by molar-refractivity contribution is -0.143. The van der Waals surface area contributed by atoms with Crippen LogP contribution in [0.3, 0.4) is 0 Å². The molecule has 0 saturated carbocycles. The Balaban J connectivity index is 1.91. The molecule has 1 amide bonds. The first-order valence-corrected chi connectivity index (χ1v) is 8.51. The SMILES string of the molecule is CCOC(=O)CCC/C(=C/N1CCOC1=O)CCc1ccccc1. The Morgan fingerprint density at radius 3 is 2.71 bits per heavy atom. The molecule has 0 unspecified atom stereocenters. The molecular formula is C19H25NO4. The second-order valence-corrected chi connectivity index (χ2v) is 5.74. The smallest absolute Gasteiger partial charge is 0.413 e. The molecule has 0 atom stereocenters. The number of esters is 1. The van der Waals surface area contributed by atoms with Gasteiger partial charge < -0.3 is 9.47 Å².